The molecule has 0 N–H and O–H groups in total. The van der Waals surface area contributed by atoms with Crippen LogP contribution < -0.4 is 0 Å². The summed E-state index contributed by atoms with van der Waals surface area (Å²) in [7, 11) is 1.57. The first-order chi connectivity index (χ1) is 8.06. The van der Waals surface area contributed by atoms with Crippen LogP contribution >= 0.6 is 0 Å². The highest BCUT2D eigenvalue weighted by Gasteiger charge is 2.23. The van der Waals surface area contributed by atoms with E-state index in [1.165, 1.54) is 0 Å². The van der Waals surface area contributed by atoms with Crippen LogP contribution in [0.15, 0.2) is 11.3 Å². The Morgan fingerprint density at radius 3 is 2.41 bits per heavy atom. The average molecular weight is 241 g/mol. The lowest BCUT2D eigenvalue weighted by atomic mass is 10.0. The van der Waals surface area contributed by atoms with E-state index in [-0.39, 0.29) is 5.91 Å². The molecule has 0 saturated carbocycles. The van der Waals surface area contributed by atoms with Crippen molar-refractivity contribution in [2.45, 2.75) is 27.2 Å². The Hall–Kier alpha value is -1.03. The standard InChI is InChI=1S/C13H23NO3/c1-10(2)9-11(3)12(16-4)13(15)14-5-7-17-8-6-14/h10H,5-9H2,1-4H3/b12-11-. The molecule has 0 aromatic heterocycles. The number of carbonyl (C=O) groups is 1. The predicted molar refractivity (Wildman–Crippen MR) is 66.6 cm³/mol. The first kappa shape index (κ1) is 14.0. The lowest BCUT2D eigenvalue weighted by Gasteiger charge is -2.28. The summed E-state index contributed by atoms with van der Waals surface area (Å²) in [4.78, 5) is 14.0. The molecule has 1 amide bonds. The number of allylic oxidation sites excluding steroid dienone is 1. The number of hydrogen-bond acceptors (Lipinski definition) is 3. The number of methoxy groups -OCH3 is 1. The molecular weight excluding hydrogens is 218 g/mol. The number of carbonyl (C=O) groups excluding carboxylic acids is 1. The molecule has 0 unspecified atom stereocenters. The topological polar surface area (TPSA) is 38.8 Å². The van der Waals surface area contributed by atoms with Gasteiger partial charge in [-0.05, 0) is 24.8 Å². The molecule has 0 spiro atoms. The van der Waals surface area contributed by atoms with Crippen LogP contribution in [0.2, 0.25) is 0 Å². The number of morpholine rings is 1. The summed E-state index contributed by atoms with van der Waals surface area (Å²) in [6, 6.07) is 0. The van der Waals surface area contributed by atoms with Gasteiger partial charge in [0.2, 0.25) is 0 Å². The van der Waals surface area contributed by atoms with Crippen molar-refractivity contribution in [3.63, 3.8) is 0 Å². The van der Waals surface area contributed by atoms with Gasteiger partial charge in [-0.2, -0.15) is 0 Å². The van der Waals surface area contributed by atoms with Gasteiger partial charge >= 0.3 is 0 Å². The van der Waals surface area contributed by atoms with Crippen LogP contribution in [0.1, 0.15) is 27.2 Å². The van der Waals surface area contributed by atoms with Crippen molar-refractivity contribution >= 4 is 5.91 Å². The monoisotopic (exact) mass is 241 g/mol. The van der Waals surface area contributed by atoms with Crippen molar-refractivity contribution in [3.8, 4) is 0 Å². The highest BCUT2D eigenvalue weighted by atomic mass is 16.5. The van der Waals surface area contributed by atoms with Gasteiger partial charge in [-0.3, -0.25) is 4.79 Å². The zero-order valence-corrected chi connectivity index (χ0v) is 11.3. The summed E-state index contributed by atoms with van der Waals surface area (Å²) < 4.78 is 10.5. The maximum atomic E-state index is 12.2. The second-order valence-corrected chi connectivity index (χ2v) is 4.82. The Labute approximate surface area is 104 Å². The minimum absolute atomic E-state index is 0.00560. The highest BCUT2D eigenvalue weighted by molar-refractivity contribution is 5.92. The molecule has 1 saturated heterocycles. The van der Waals surface area contributed by atoms with E-state index < -0.39 is 0 Å². The van der Waals surface area contributed by atoms with E-state index in [0.29, 0.717) is 38.0 Å². The summed E-state index contributed by atoms with van der Waals surface area (Å²) >= 11 is 0. The molecule has 4 heteroatoms. The molecular formula is C13H23NO3. The van der Waals surface area contributed by atoms with Gasteiger partial charge in [0, 0.05) is 13.1 Å². The predicted octanol–water partition coefficient (Wildman–Crippen LogP) is 1.81. The van der Waals surface area contributed by atoms with Crippen molar-refractivity contribution in [1.82, 2.24) is 4.90 Å². The SMILES string of the molecule is CO/C(C(=O)N1CCOCC1)=C(/C)CC(C)C. The third-order valence-electron chi connectivity index (χ3n) is 2.80. The summed E-state index contributed by atoms with van der Waals surface area (Å²) in [5, 5.41) is 0. The fraction of sp³-hybridized carbons (Fsp3) is 0.769. The number of amides is 1. The Morgan fingerprint density at radius 1 is 1.35 bits per heavy atom. The van der Waals surface area contributed by atoms with E-state index in [9.17, 15) is 4.79 Å². The van der Waals surface area contributed by atoms with Gasteiger partial charge in [-0.1, -0.05) is 13.8 Å². The summed E-state index contributed by atoms with van der Waals surface area (Å²) in [5.41, 5.74) is 1.03. The largest absolute Gasteiger partial charge is 0.491 e. The normalized spacial score (nSPS) is 18.1. The van der Waals surface area contributed by atoms with E-state index in [1.807, 2.05) is 6.92 Å². The third-order valence-corrected chi connectivity index (χ3v) is 2.80. The first-order valence-electron chi connectivity index (χ1n) is 6.17. The fourth-order valence-electron chi connectivity index (χ4n) is 2.06. The Bertz CT molecular complexity index is 291. The van der Waals surface area contributed by atoms with Gasteiger partial charge in [0.1, 0.15) is 0 Å². The number of hydrogen-bond donors (Lipinski definition) is 0. The van der Waals surface area contributed by atoms with Gasteiger partial charge in [-0.25, -0.2) is 0 Å². The zero-order valence-electron chi connectivity index (χ0n) is 11.3. The summed E-state index contributed by atoms with van der Waals surface area (Å²) in [5.74, 6) is 1.02. The van der Waals surface area contributed by atoms with Crippen molar-refractivity contribution in [2.24, 2.45) is 5.92 Å². The quantitative estimate of drug-likeness (QED) is 0.556. The van der Waals surface area contributed by atoms with Crippen LogP contribution in [0.4, 0.5) is 0 Å². The maximum Gasteiger partial charge on any atom is 0.288 e. The van der Waals surface area contributed by atoms with Gasteiger partial charge < -0.3 is 14.4 Å². The van der Waals surface area contributed by atoms with Crippen LogP contribution in [0.5, 0.6) is 0 Å². The number of rotatable bonds is 4. The number of nitrogens with zero attached hydrogens (tertiary/aromatic N) is 1. The van der Waals surface area contributed by atoms with Crippen LogP contribution in [0.25, 0.3) is 0 Å². The van der Waals surface area contributed by atoms with Gasteiger partial charge in [0.15, 0.2) is 5.76 Å². The van der Waals surface area contributed by atoms with E-state index in [0.717, 1.165) is 12.0 Å². The van der Waals surface area contributed by atoms with Crippen LogP contribution in [0.3, 0.4) is 0 Å². The average Bonchev–Trinajstić information content (AvgIpc) is 2.30. The van der Waals surface area contributed by atoms with Crippen LogP contribution in [-0.2, 0) is 14.3 Å². The molecule has 0 aliphatic carbocycles. The summed E-state index contributed by atoms with van der Waals surface area (Å²) in [6.45, 7) is 8.78. The molecule has 1 rings (SSSR count). The molecule has 17 heavy (non-hydrogen) atoms. The molecule has 0 aromatic carbocycles. The molecule has 0 radical (unpaired) electrons. The number of ether oxygens (including phenoxy) is 2. The lowest BCUT2D eigenvalue weighted by Crippen LogP contribution is -2.41. The fourth-order valence-corrected chi connectivity index (χ4v) is 2.06. The van der Waals surface area contributed by atoms with Gasteiger partial charge in [0.25, 0.3) is 5.91 Å². The maximum absolute atomic E-state index is 12.2. The highest BCUT2D eigenvalue weighted by Crippen LogP contribution is 2.17. The molecule has 0 bridgehead atoms. The Balaban J connectivity index is 2.74. The molecule has 1 heterocycles. The van der Waals surface area contributed by atoms with Crippen molar-refractivity contribution in [2.75, 3.05) is 33.4 Å². The summed E-state index contributed by atoms with van der Waals surface area (Å²) in [6.07, 6.45) is 0.888. The van der Waals surface area contributed by atoms with E-state index in [1.54, 1.807) is 12.0 Å². The van der Waals surface area contributed by atoms with Crippen LogP contribution in [-0.4, -0.2) is 44.2 Å². The zero-order chi connectivity index (χ0) is 12.8. The minimum Gasteiger partial charge on any atom is -0.491 e. The molecule has 0 aromatic rings. The van der Waals surface area contributed by atoms with E-state index in [2.05, 4.69) is 13.8 Å². The third kappa shape index (κ3) is 4.04. The minimum atomic E-state index is -0.00560. The Morgan fingerprint density at radius 2 is 1.94 bits per heavy atom. The lowest BCUT2D eigenvalue weighted by molar-refractivity contribution is -0.134. The second kappa shape index (κ2) is 6.64. The second-order valence-electron chi connectivity index (χ2n) is 4.82. The molecule has 4 nitrogen and oxygen atoms in total. The molecule has 98 valence electrons. The first-order valence-corrected chi connectivity index (χ1v) is 6.17. The van der Waals surface area contributed by atoms with Crippen molar-refractivity contribution in [1.29, 1.82) is 0 Å². The van der Waals surface area contributed by atoms with Crippen molar-refractivity contribution in [3.05, 3.63) is 11.3 Å². The van der Waals surface area contributed by atoms with Crippen LogP contribution in [0, 0.1) is 5.92 Å². The molecule has 1 fully saturated rings. The smallest absolute Gasteiger partial charge is 0.288 e. The Kier molecular flexibility index (Phi) is 5.48. The van der Waals surface area contributed by atoms with Crippen molar-refractivity contribution < 1.29 is 14.3 Å². The van der Waals surface area contributed by atoms with Gasteiger partial charge in [0.05, 0.1) is 20.3 Å². The molecule has 0 atom stereocenters. The van der Waals surface area contributed by atoms with E-state index in [4.69, 9.17) is 9.47 Å². The van der Waals surface area contributed by atoms with Gasteiger partial charge in [-0.15, -0.1) is 0 Å². The molecule has 1 aliphatic rings. The molecule has 1 aliphatic heterocycles. The van der Waals surface area contributed by atoms with E-state index >= 15 is 0 Å².